The van der Waals surface area contributed by atoms with Crippen LogP contribution in [0.4, 0.5) is 0 Å². The molecule has 3 aromatic rings. The van der Waals surface area contributed by atoms with Gasteiger partial charge >= 0.3 is 0 Å². The van der Waals surface area contributed by atoms with Gasteiger partial charge in [0.15, 0.2) is 11.5 Å². The topological polar surface area (TPSA) is 106 Å². The summed E-state index contributed by atoms with van der Waals surface area (Å²) in [5, 5.41) is 17.8. The van der Waals surface area contributed by atoms with Crippen molar-refractivity contribution in [2.75, 3.05) is 13.7 Å². The predicted octanol–water partition coefficient (Wildman–Crippen LogP) is 4.75. The number of nitrogens with one attached hydrogen (secondary N) is 1. The minimum atomic E-state index is -0.493. The van der Waals surface area contributed by atoms with Crippen molar-refractivity contribution in [3.63, 3.8) is 0 Å². The maximum atomic E-state index is 9.89. The summed E-state index contributed by atoms with van der Waals surface area (Å²) < 4.78 is 17.0. The Hall–Kier alpha value is -3.63. The number of nitriles is 1. The molecule has 8 heteroatoms. The van der Waals surface area contributed by atoms with E-state index in [1.165, 1.54) is 0 Å². The number of ether oxygens (including phenoxy) is 3. The molecule has 0 saturated carbocycles. The Morgan fingerprint density at radius 3 is 2.68 bits per heavy atom. The zero-order valence-corrected chi connectivity index (χ0v) is 17.9. The number of H-pyrrole nitrogens is 1. The van der Waals surface area contributed by atoms with Gasteiger partial charge in [-0.25, -0.2) is 0 Å². The lowest BCUT2D eigenvalue weighted by Crippen LogP contribution is -2.21. The van der Waals surface area contributed by atoms with Crippen molar-refractivity contribution in [3.8, 4) is 34.7 Å². The number of fused-ring (bicyclic) bond motifs is 1. The van der Waals surface area contributed by atoms with Crippen LogP contribution in [-0.2, 0) is 0 Å². The van der Waals surface area contributed by atoms with Crippen LogP contribution in [0.5, 0.6) is 17.4 Å². The SMILES string of the molecule is CCCOc1cc([C@@H]2C(C#N)=C(N)Oc3n[nH]c(-c4ccc(Cl)cc4)c32)ccc1OC. The van der Waals surface area contributed by atoms with Crippen LogP contribution in [0.3, 0.4) is 0 Å². The average Bonchev–Trinajstić information content (AvgIpc) is 3.20. The minimum absolute atomic E-state index is 0.0287. The van der Waals surface area contributed by atoms with Crippen LogP contribution in [0, 0.1) is 11.3 Å². The quantitative estimate of drug-likeness (QED) is 0.577. The number of aromatic nitrogens is 2. The Morgan fingerprint density at radius 2 is 2.00 bits per heavy atom. The fourth-order valence-electron chi connectivity index (χ4n) is 3.61. The van der Waals surface area contributed by atoms with Gasteiger partial charge in [0.1, 0.15) is 11.6 Å². The standard InChI is InChI=1S/C23H21ClN4O3/c1-3-10-30-18-11-14(6-9-17(18)29-2)19-16(12-25)22(26)31-23-20(19)21(27-28-23)13-4-7-15(24)8-5-13/h4-9,11,19H,3,10,26H2,1-2H3,(H,27,28)/t19-/m1/s1. The van der Waals surface area contributed by atoms with Crippen LogP contribution in [0.25, 0.3) is 11.3 Å². The Bertz CT molecular complexity index is 1180. The molecule has 0 amide bonds. The Morgan fingerprint density at radius 1 is 1.23 bits per heavy atom. The molecule has 2 heterocycles. The van der Waals surface area contributed by atoms with Gasteiger partial charge in [-0.2, -0.15) is 5.26 Å². The first kappa shape index (κ1) is 20.6. The van der Waals surface area contributed by atoms with Gasteiger partial charge in [-0.05, 0) is 36.2 Å². The third-order valence-corrected chi connectivity index (χ3v) is 5.31. The third kappa shape index (κ3) is 3.78. The Labute approximate surface area is 185 Å². The van der Waals surface area contributed by atoms with Crippen LogP contribution in [-0.4, -0.2) is 23.9 Å². The lowest BCUT2D eigenvalue weighted by Gasteiger charge is -2.25. The molecule has 0 aliphatic carbocycles. The minimum Gasteiger partial charge on any atom is -0.493 e. The first-order valence-electron chi connectivity index (χ1n) is 9.79. The number of methoxy groups -OCH3 is 1. The van der Waals surface area contributed by atoms with Crippen molar-refractivity contribution in [2.24, 2.45) is 5.73 Å². The summed E-state index contributed by atoms with van der Waals surface area (Å²) in [6.07, 6.45) is 0.855. The second-order valence-corrected chi connectivity index (χ2v) is 7.44. The molecular formula is C23H21ClN4O3. The highest BCUT2D eigenvalue weighted by Crippen LogP contribution is 2.47. The zero-order chi connectivity index (χ0) is 22.0. The molecule has 0 radical (unpaired) electrons. The van der Waals surface area contributed by atoms with Crippen molar-refractivity contribution in [1.82, 2.24) is 10.2 Å². The molecule has 0 saturated heterocycles. The number of hydrogen-bond acceptors (Lipinski definition) is 6. The van der Waals surface area contributed by atoms with Gasteiger partial charge in [-0.3, -0.25) is 5.10 Å². The summed E-state index contributed by atoms with van der Waals surface area (Å²) in [5.74, 6) is 1.08. The molecule has 4 rings (SSSR count). The summed E-state index contributed by atoms with van der Waals surface area (Å²) >= 11 is 6.05. The van der Waals surface area contributed by atoms with Gasteiger partial charge in [0.05, 0.1) is 30.9 Å². The van der Waals surface area contributed by atoms with E-state index in [4.69, 9.17) is 31.5 Å². The molecule has 3 N–H and O–H groups in total. The van der Waals surface area contributed by atoms with Crippen molar-refractivity contribution in [3.05, 3.63) is 70.1 Å². The molecule has 0 unspecified atom stereocenters. The van der Waals surface area contributed by atoms with E-state index in [0.717, 1.165) is 28.8 Å². The van der Waals surface area contributed by atoms with E-state index in [-0.39, 0.29) is 5.88 Å². The molecule has 31 heavy (non-hydrogen) atoms. The van der Waals surface area contributed by atoms with Crippen LogP contribution >= 0.6 is 11.6 Å². The van der Waals surface area contributed by atoms with E-state index in [0.29, 0.717) is 34.6 Å². The summed E-state index contributed by atoms with van der Waals surface area (Å²) in [7, 11) is 1.59. The van der Waals surface area contributed by atoms with E-state index >= 15 is 0 Å². The van der Waals surface area contributed by atoms with E-state index < -0.39 is 5.92 Å². The highest BCUT2D eigenvalue weighted by molar-refractivity contribution is 6.30. The summed E-state index contributed by atoms with van der Waals surface area (Å²) in [6.45, 7) is 2.58. The fraction of sp³-hybridized carbons (Fsp3) is 0.217. The summed E-state index contributed by atoms with van der Waals surface area (Å²) in [4.78, 5) is 0. The Balaban J connectivity index is 1.89. The maximum absolute atomic E-state index is 9.89. The molecule has 1 aliphatic rings. The maximum Gasteiger partial charge on any atom is 0.244 e. The molecular weight excluding hydrogens is 416 g/mol. The molecule has 0 fully saturated rings. The van der Waals surface area contributed by atoms with Gasteiger partial charge in [0, 0.05) is 10.6 Å². The van der Waals surface area contributed by atoms with Gasteiger partial charge in [-0.1, -0.05) is 36.7 Å². The molecule has 1 atom stereocenters. The number of aromatic amines is 1. The number of nitrogens with zero attached hydrogens (tertiary/aromatic N) is 2. The van der Waals surface area contributed by atoms with E-state index in [1.807, 2.05) is 37.3 Å². The van der Waals surface area contributed by atoms with Crippen molar-refractivity contribution in [1.29, 1.82) is 5.26 Å². The van der Waals surface area contributed by atoms with Crippen molar-refractivity contribution >= 4 is 11.6 Å². The summed E-state index contributed by atoms with van der Waals surface area (Å²) in [6, 6.07) is 15.1. The van der Waals surface area contributed by atoms with Gasteiger partial charge in [0.25, 0.3) is 0 Å². The molecule has 158 valence electrons. The average molecular weight is 437 g/mol. The van der Waals surface area contributed by atoms with Crippen molar-refractivity contribution < 1.29 is 14.2 Å². The highest BCUT2D eigenvalue weighted by Gasteiger charge is 2.36. The number of rotatable bonds is 6. The van der Waals surface area contributed by atoms with Gasteiger partial charge in [-0.15, -0.1) is 5.10 Å². The normalized spacial score (nSPS) is 15.1. The van der Waals surface area contributed by atoms with E-state index in [1.54, 1.807) is 19.2 Å². The number of nitrogens with two attached hydrogens (primary N) is 1. The van der Waals surface area contributed by atoms with E-state index in [9.17, 15) is 5.26 Å². The van der Waals surface area contributed by atoms with Crippen LogP contribution < -0.4 is 19.9 Å². The lowest BCUT2D eigenvalue weighted by atomic mass is 9.83. The smallest absolute Gasteiger partial charge is 0.244 e. The first-order valence-corrected chi connectivity index (χ1v) is 10.2. The molecule has 0 bridgehead atoms. The number of benzene rings is 2. The highest BCUT2D eigenvalue weighted by atomic mass is 35.5. The number of halogens is 1. The number of hydrogen-bond donors (Lipinski definition) is 2. The third-order valence-electron chi connectivity index (χ3n) is 5.05. The first-order chi connectivity index (χ1) is 15.1. The van der Waals surface area contributed by atoms with Gasteiger partial charge < -0.3 is 19.9 Å². The largest absolute Gasteiger partial charge is 0.493 e. The predicted molar refractivity (Wildman–Crippen MR) is 117 cm³/mol. The Kier molecular flexibility index (Phi) is 5.74. The van der Waals surface area contributed by atoms with E-state index in [2.05, 4.69) is 16.3 Å². The van der Waals surface area contributed by atoms with Crippen LogP contribution in [0.1, 0.15) is 30.4 Å². The second kappa shape index (κ2) is 8.62. The molecule has 1 aliphatic heterocycles. The number of allylic oxidation sites excluding steroid dienone is 1. The van der Waals surface area contributed by atoms with Crippen molar-refractivity contribution in [2.45, 2.75) is 19.3 Å². The lowest BCUT2D eigenvalue weighted by molar-refractivity contribution is 0.294. The van der Waals surface area contributed by atoms with Crippen LogP contribution in [0.15, 0.2) is 53.9 Å². The summed E-state index contributed by atoms with van der Waals surface area (Å²) in [5.41, 5.74) is 9.51. The van der Waals surface area contributed by atoms with Crippen LogP contribution in [0.2, 0.25) is 5.02 Å². The van der Waals surface area contributed by atoms with Gasteiger partial charge in [0.2, 0.25) is 11.8 Å². The molecule has 2 aromatic carbocycles. The second-order valence-electron chi connectivity index (χ2n) is 7.01. The zero-order valence-electron chi connectivity index (χ0n) is 17.1. The molecule has 7 nitrogen and oxygen atoms in total. The molecule has 1 aromatic heterocycles. The fourth-order valence-corrected chi connectivity index (χ4v) is 3.74. The monoisotopic (exact) mass is 436 g/mol. The molecule has 0 spiro atoms.